The standard InChI is InChI=1S/C16H23NO2/c1-12(2)13-8-10-17(11-9-13)15-6-4-14(5-7-15)16(18)19-3/h4-7,12-13H,8-11H2,1-3H3. The first-order valence-corrected chi connectivity index (χ1v) is 7.05. The van der Waals surface area contributed by atoms with Gasteiger partial charge in [0.1, 0.15) is 0 Å². The van der Waals surface area contributed by atoms with Crippen molar-refractivity contribution in [3.63, 3.8) is 0 Å². The molecule has 0 aromatic heterocycles. The third kappa shape index (κ3) is 3.28. The summed E-state index contributed by atoms with van der Waals surface area (Å²) in [6.07, 6.45) is 2.52. The zero-order valence-electron chi connectivity index (χ0n) is 12.1. The summed E-state index contributed by atoms with van der Waals surface area (Å²) in [6, 6.07) is 7.72. The van der Waals surface area contributed by atoms with Crippen molar-refractivity contribution in [1.82, 2.24) is 0 Å². The van der Waals surface area contributed by atoms with Gasteiger partial charge in [0.15, 0.2) is 0 Å². The number of ether oxygens (including phenoxy) is 1. The molecule has 0 amide bonds. The molecule has 0 radical (unpaired) electrons. The summed E-state index contributed by atoms with van der Waals surface area (Å²) in [5.74, 6) is 1.36. The molecule has 19 heavy (non-hydrogen) atoms. The van der Waals surface area contributed by atoms with Crippen molar-refractivity contribution in [2.24, 2.45) is 11.8 Å². The van der Waals surface area contributed by atoms with Gasteiger partial charge < -0.3 is 9.64 Å². The molecule has 1 fully saturated rings. The quantitative estimate of drug-likeness (QED) is 0.781. The number of methoxy groups -OCH3 is 1. The van der Waals surface area contributed by atoms with E-state index in [9.17, 15) is 4.79 Å². The Hall–Kier alpha value is -1.51. The maximum absolute atomic E-state index is 11.4. The number of rotatable bonds is 3. The Morgan fingerprint density at radius 1 is 1.21 bits per heavy atom. The first-order chi connectivity index (χ1) is 9.11. The Kier molecular flexibility index (Phi) is 4.46. The summed E-state index contributed by atoms with van der Waals surface area (Å²) in [6.45, 7) is 6.85. The Balaban J connectivity index is 1.98. The van der Waals surface area contributed by atoms with E-state index in [0.29, 0.717) is 5.56 Å². The Bertz CT molecular complexity index is 417. The van der Waals surface area contributed by atoms with E-state index in [1.807, 2.05) is 24.3 Å². The lowest BCUT2D eigenvalue weighted by Gasteiger charge is -2.35. The van der Waals surface area contributed by atoms with Gasteiger partial charge in [0.2, 0.25) is 0 Å². The van der Waals surface area contributed by atoms with E-state index in [0.717, 1.165) is 24.9 Å². The normalized spacial score (nSPS) is 16.7. The lowest BCUT2D eigenvalue weighted by molar-refractivity contribution is 0.0601. The summed E-state index contributed by atoms with van der Waals surface area (Å²) in [7, 11) is 1.41. The average Bonchev–Trinajstić information content (AvgIpc) is 2.46. The first kappa shape index (κ1) is 13.9. The van der Waals surface area contributed by atoms with Gasteiger partial charge in [-0.25, -0.2) is 4.79 Å². The van der Waals surface area contributed by atoms with E-state index in [-0.39, 0.29) is 5.97 Å². The Morgan fingerprint density at radius 2 is 1.79 bits per heavy atom. The van der Waals surface area contributed by atoms with Crippen molar-refractivity contribution in [2.45, 2.75) is 26.7 Å². The van der Waals surface area contributed by atoms with Crippen molar-refractivity contribution in [3.05, 3.63) is 29.8 Å². The summed E-state index contributed by atoms with van der Waals surface area (Å²) < 4.78 is 4.71. The fraction of sp³-hybridized carbons (Fsp3) is 0.562. The number of piperidine rings is 1. The molecule has 104 valence electrons. The minimum atomic E-state index is -0.273. The van der Waals surface area contributed by atoms with Crippen LogP contribution in [0, 0.1) is 11.8 Å². The van der Waals surface area contributed by atoms with E-state index in [4.69, 9.17) is 4.74 Å². The van der Waals surface area contributed by atoms with Gasteiger partial charge in [-0.3, -0.25) is 0 Å². The number of carbonyl (C=O) groups excluding carboxylic acids is 1. The summed E-state index contributed by atoms with van der Waals surface area (Å²) in [4.78, 5) is 13.8. The van der Waals surface area contributed by atoms with Crippen LogP contribution >= 0.6 is 0 Å². The van der Waals surface area contributed by atoms with Crippen LogP contribution in [0.1, 0.15) is 37.0 Å². The van der Waals surface area contributed by atoms with Gasteiger partial charge in [0.25, 0.3) is 0 Å². The molecule has 0 aliphatic carbocycles. The van der Waals surface area contributed by atoms with Gasteiger partial charge in [0, 0.05) is 18.8 Å². The lowest BCUT2D eigenvalue weighted by atomic mass is 9.86. The van der Waals surface area contributed by atoms with Crippen LogP contribution in [0.2, 0.25) is 0 Å². The predicted molar refractivity (Wildman–Crippen MR) is 77.6 cm³/mol. The molecule has 3 nitrogen and oxygen atoms in total. The smallest absolute Gasteiger partial charge is 0.337 e. The molecular formula is C16H23NO2. The van der Waals surface area contributed by atoms with Crippen LogP contribution in [0.5, 0.6) is 0 Å². The van der Waals surface area contributed by atoms with Gasteiger partial charge in [-0.15, -0.1) is 0 Å². The van der Waals surface area contributed by atoms with Crippen molar-refractivity contribution in [2.75, 3.05) is 25.1 Å². The molecule has 1 aliphatic heterocycles. The van der Waals surface area contributed by atoms with Crippen LogP contribution in [0.15, 0.2) is 24.3 Å². The minimum absolute atomic E-state index is 0.273. The van der Waals surface area contributed by atoms with Gasteiger partial charge in [-0.05, 0) is 48.9 Å². The summed E-state index contributed by atoms with van der Waals surface area (Å²) in [5, 5.41) is 0. The number of hydrogen-bond acceptors (Lipinski definition) is 3. The van der Waals surface area contributed by atoms with E-state index in [1.165, 1.54) is 25.6 Å². The van der Waals surface area contributed by atoms with Crippen molar-refractivity contribution in [3.8, 4) is 0 Å². The lowest BCUT2D eigenvalue weighted by Crippen LogP contribution is -2.35. The molecule has 2 rings (SSSR count). The maximum Gasteiger partial charge on any atom is 0.337 e. The SMILES string of the molecule is COC(=O)c1ccc(N2CCC(C(C)C)CC2)cc1. The number of anilines is 1. The number of hydrogen-bond donors (Lipinski definition) is 0. The topological polar surface area (TPSA) is 29.5 Å². The van der Waals surface area contributed by atoms with E-state index >= 15 is 0 Å². The van der Waals surface area contributed by atoms with Crippen LogP contribution in [0.4, 0.5) is 5.69 Å². The molecule has 0 unspecified atom stereocenters. The molecule has 1 heterocycles. The second-order valence-corrected chi connectivity index (χ2v) is 5.61. The molecule has 1 aromatic carbocycles. The van der Waals surface area contributed by atoms with Crippen LogP contribution in [-0.4, -0.2) is 26.2 Å². The highest BCUT2D eigenvalue weighted by Gasteiger charge is 2.21. The van der Waals surface area contributed by atoms with Crippen molar-refractivity contribution >= 4 is 11.7 Å². The molecule has 1 aliphatic rings. The molecule has 3 heteroatoms. The Morgan fingerprint density at radius 3 is 2.26 bits per heavy atom. The second kappa shape index (κ2) is 6.09. The summed E-state index contributed by atoms with van der Waals surface area (Å²) in [5.41, 5.74) is 1.82. The van der Waals surface area contributed by atoms with E-state index in [2.05, 4.69) is 18.7 Å². The van der Waals surface area contributed by atoms with Gasteiger partial charge in [-0.1, -0.05) is 13.8 Å². The van der Waals surface area contributed by atoms with Crippen LogP contribution < -0.4 is 4.90 Å². The van der Waals surface area contributed by atoms with Crippen LogP contribution in [0.3, 0.4) is 0 Å². The maximum atomic E-state index is 11.4. The number of esters is 1. The highest BCUT2D eigenvalue weighted by atomic mass is 16.5. The van der Waals surface area contributed by atoms with Crippen molar-refractivity contribution < 1.29 is 9.53 Å². The van der Waals surface area contributed by atoms with E-state index in [1.54, 1.807) is 0 Å². The number of carbonyl (C=O) groups is 1. The molecule has 1 saturated heterocycles. The molecule has 0 atom stereocenters. The Labute approximate surface area is 115 Å². The monoisotopic (exact) mass is 261 g/mol. The molecule has 0 bridgehead atoms. The predicted octanol–water partition coefficient (Wildman–Crippen LogP) is 3.35. The molecule has 0 spiro atoms. The second-order valence-electron chi connectivity index (χ2n) is 5.61. The third-order valence-corrected chi connectivity index (χ3v) is 4.14. The summed E-state index contributed by atoms with van der Waals surface area (Å²) >= 11 is 0. The highest BCUT2D eigenvalue weighted by molar-refractivity contribution is 5.89. The van der Waals surface area contributed by atoms with Crippen LogP contribution in [-0.2, 0) is 4.74 Å². The van der Waals surface area contributed by atoms with Gasteiger partial charge in [-0.2, -0.15) is 0 Å². The molecule has 0 N–H and O–H groups in total. The minimum Gasteiger partial charge on any atom is -0.465 e. The highest BCUT2D eigenvalue weighted by Crippen LogP contribution is 2.27. The average molecular weight is 261 g/mol. The zero-order valence-corrected chi connectivity index (χ0v) is 12.1. The van der Waals surface area contributed by atoms with Crippen molar-refractivity contribution in [1.29, 1.82) is 0 Å². The zero-order chi connectivity index (χ0) is 13.8. The van der Waals surface area contributed by atoms with Gasteiger partial charge in [0.05, 0.1) is 12.7 Å². The van der Waals surface area contributed by atoms with Crippen LogP contribution in [0.25, 0.3) is 0 Å². The van der Waals surface area contributed by atoms with Gasteiger partial charge >= 0.3 is 5.97 Å². The third-order valence-electron chi connectivity index (χ3n) is 4.14. The number of nitrogens with zero attached hydrogens (tertiary/aromatic N) is 1. The first-order valence-electron chi connectivity index (χ1n) is 7.05. The fourth-order valence-electron chi connectivity index (χ4n) is 2.75. The molecule has 1 aromatic rings. The molecule has 0 saturated carbocycles. The van der Waals surface area contributed by atoms with E-state index < -0.39 is 0 Å². The number of benzene rings is 1. The fourth-order valence-corrected chi connectivity index (χ4v) is 2.75. The largest absolute Gasteiger partial charge is 0.465 e. The molecular weight excluding hydrogens is 238 g/mol.